The van der Waals surface area contributed by atoms with E-state index < -0.39 is 0 Å². The maximum atomic E-state index is 11.0. The fourth-order valence-electron chi connectivity index (χ4n) is 0.680. The van der Waals surface area contributed by atoms with E-state index in [-0.39, 0.29) is 5.78 Å². The van der Waals surface area contributed by atoms with E-state index >= 15 is 0 Å². The molecule has 1 aromatic rings. The summed E-state index contributed by atoms with van der Waals surface area (Å²) in [5, 5.41) is 0. The molecule has 0 spiro atoms. The molecular weight excluding hydrogens is 206 g/mol. The number of hydrogen-bond donors (Lipinski definition) is 0. The number of ketones is 1. The normalized spacial score (nSPS) is 9.18. The predicted octanol–water partition coefficient (Wildman–Crippen LogP) is 2.21. The number of pyridine rings is 1. The highest BCUT2D eigenvalue weighted by atomic mass is 79.9. The highest BCUT2D eigenvalue weighted by Gasteiger charge is 2.04. The summed E-state index contributed by atoms with van der Waals surface area (Å²) in [6.07, 6.45) is 2.88. The molecule has 0 aliphatic rings. The number of nitrogens with zero attached hydrogens (tertiary/aromatic N) is 1. The summed E-state index contributed by atoms with van der Waals surface area (Å²) in [6.45, 7) is 3.38. The Morgan fingerprint density at radius 2 is 2.45 bits per heavy atom. The zero-order chi connectivity index (χ0) is 8.27. The minimum absolute atomic E-state index is 0.120. The standard InChI is InChI=1S/C8H6BrNO/c1-2-7(11)6-4-3-5-10-8(6)9/h2-5H,1H2. The lowest BCUT2D eigenvalue weighted by Gasteiger charge is -1.95. The molecule has 56 valence electrons. The van der Waals surface area contributed by atoms with Crippen molar-refractivity contribution in [1.82, 2.24) is 4.98 Å². The van der Waals surface area contributed by atoms with Crippen LogP contribution >= 0.6 is 15.9 Å². The van der Waals surface area contributed by atoms with Crippen molar-refractivity contribution in [2.45, 2.75) is 0 Å². The molecule has 0 fully saturated rings. The van der Waals surface area contributed by atoms with Crippen LogP contribution in [0.2, 0.25) is 0 Å². The maximum absolute atomic E-state index is 11.0. The molecule has 0 unspecified atom stereocenters. The highest BCUT2D eigenvalue weighted by Crippen LogP contribution is 2.12. The molecule has 0 bridgehead atoms. The molecule has 0 amide bonds. The lowest BCUT2D eigenvalue weighted by Crippen LogP contribution is -1.95. The van der Waals surface area contributed by atoms with Gasteiger partial charge in [-0.25, -0.2) is 4.98 Å². The Kier molecular flexibility index (Phi) is 2.54. The fraction of sp³-hybridized carbons (Fsp3) is 0. The zero-order valence-corrected chi connectivity index (χ0v) is 7.34. The predicted molar refractivity (Wildman–Crippen MR) is 46.5 cm³/mol. The number of allylic oxidation sites excluding steroid dienone is 1. The van der Waals surface area contributed by atoms with Crippen LogP contribution in [-0.4, -0.2) is 10.8 Å². The number of carbonyl (C=O) groups excluding carboxylic acids is 1. The summed E-state index contributed by atoms with van der Waals surface area (Å²) in [7, 11) is 0. The molecule has 0 saturated carbocycles. The molecule has 2 nitrogen and oxygen atoms in total. The average Bonchev–Trinajstić information content (AvgIpc) is 2.04. The van der Waals surface area contributed by atoms with E-state index in [0.717, 1.165) is 0 Å². The topological polar surface area (TPSA) is 30.0 Å². The third-order valence-electron chi connectivity index (χ3n) is 1.21. The molecule has 0 aliphatic heterocycles. The number of hydrogen-bond acceptors (Lipinski definition) is 2. The van der Waals surface area contributed by atoms with E-state index in [0.29, 0.717) is 10.2 Å². The first-order valence-corrected chi connectivity index (χ1v) is 3.82. The van der Waals surface area contributed by atoms with Gasteiger partial charge >= 0.3 is 0 Å². The van der Waals surface area contributed by atoms with Crippen molar-refractivity contribution in [3.05, 3.63) is 41.2 Å². The average molecular weight is 212 g/mol. The molecule has 1 heterocycles. The first-order valence-electron chi connectivity index (χ1n) is 3.03. The molecule has 0 aliphatic carbocycles. The van der Waals surface area contributed by atoms with Gasteiger partial charge in [-0.15, -0.1) is 0 Å². The van der Waals surface area contributed by atoms with Crippen molar-refractivity contribution in [3.8, 4) is 0 Å². The first kappa shape index (κ1) is 8.14. The first-order chi connectivity index (χ1) is 5.25. The largest absolute Gasteiger partial charge is 0.289 e. The third kappa shape index (κ3) is 1.74. The van der Waals surface area contributed by atoms with Gasteiger partial charge in [0.05, 0.1) is 5.56 Å². The molecule has 0 radical (unpaired) electrons. The summed E-state index contributed by atoms with van der Waals surface area (Å²) in [5.74, 6) is -0.120. The van der Waals surface area contributed by atoms with Crippen LogP contribution in [0.3, 0.4) is 0 Å². The van der Waals surface area contributed by atoms with Gasteiger partial charge in [0.15, 0.2) is 5.78 Å². The molecule has 0 saturated heterocycles. The molecule has 0 atom stereocenters. The summed E-state index contributed by atoms with van der Waals surface area (Å²) in [5.41, 5.74) is 0.544. The van der Waals surface area contributed by atoms with Crippen LogP contribution in [0.25, 0.3) is 0 Å². The van der Waals surface area contributed by atoms with Gasteiger partial charge in [0.1, 0.15) is 4.60 Å². The Bertz CT molecular complexity index is 296. The summed E-state index contributed by atoms with van der Waals surface area (Å²) >= 11 is 3.16. The van der Waals surface area contributed by atoms with E-state index in [4.69, 9.17) is 0 Å². The Hall–Kier alpha value is -0.960. The second-order valence-electron chi connectivity index (χ2n) is 1.91. The number of halogens is 1. The van der Waals surface area contributed by atoms with Crippen molar-refractivity contribution in [2.75, 3.05) is 0 Å². The van der Waals surface area contributed by atoms with Gasteiger partial charge in [-0.1, -0.05) is 6.58 Å². The van der Waals surface area contributed by atoms with E-state index in [1.807, 2.05) is 0 Å². The molecule has 3 heteroatoms. The minimum Gasteiger partial charge on any atom is -0.289 e. The van der Waals surface area contributed by atoms with Gasteiger partial charge in [0.25, 0.3) is 0 Å². The van der Waals surface area contributed by atoms with Crippen LogP contribution in [0.4, 0.5) is 0 Å². The van der Waals surface area contributed by atoms with Crippen LogP contribution in [0, 0.1) is 0 Å². The SMILES string of the molecule is C=CC(=O)c1cccnc1Br. The van der Waals surface area contributed by atoms with E-state index in [1.54, 1.807) is 18.3 Å². The summed E-state index contributed by atoms with van der Waals surface area (Å²) in [6, 6.07) is 3.41. The lowest BCUT2D eigenvalue weighted by molar-refractivity contribution is 0.104. The van der Waals surface area contributed by atoms with Crippen molar-refractivity contribution >= 4 is 21.7 Å². The number of aromatic nitrogens is 1. The molecular formula is C8H6BrNO. The van der Waals surface area contributed by atoms with Crippen LogP contribution in [0.1, 0.15) is 10.4 Å². The maximum Gasteiger partial charge on any atom is 0.187 e. The zero-order valence-electron chi connectivity index (χ0n) is 5.75. The molecule has 11 heavy (non-hydrogen) atoms. The van der Waals surface area contributed by atoms with Gasteiger partial charge in [-0.05, 0) is 34.1 Å². The molecule has 0 aromatic carbocycles. The highest BCUT2D eigenvalue weighted by molar-refractivity contribution is 9.10. The monoisotopic (exact) mass is 211 g/mol. The van der Waals surface area contributed by atoms with Gasteiger partial charge in [-0.2, -0.15) is 0 Å². The third-order valence-corrected chi connectivity index (χ3v) is 1.84. The van der Waals surface area contributed by atoms with Crippen LogP contribution < -0.4 is 0 Å². The van der Waals surface area contributed by atoms with Crippen LogP contribution in [-0.2, 0) is 0 Å². The van der Waals surface area contributed by atoms with Crippen molar-refractivity contribution in [2.24, 2.45) is 0 Å². The molecule has 1 aromatic heterocycles. The Morgan fingerprint density at radius 3 is 3.00 bits per heavy atom. The van der Waals surface area contributed by atoms with Gasteiger partial charge in [0.2, 0.25) is 0 Å². The minimum atomic E-state index is -0.120. The van der Waals surface area contributed by atoms with Gasteiger partial charge < -0.3 is 0 Å². The van der Waals surface area contributed by atoms with Crippen molar-refractivity contribution in [3.63, 3.8) is 0 Å². The molecule has 0 N–H and O–H groups in total. The lowest BCUT2D eigenvalue weighted by atomic mass is 10.2. The Labute approximate surface area is 73.1 Å². The van der Waals surface area contributed by atoms with E-state index in [9.17, 15) is 4.79 Å². The summed E-state index contributed by atoms with van der Waals surface area (Å²) in [4.78, 5) is 14.9. The summed E-state index contributed by atoms with van der Waals surface area (Å²) < 4.78 is 0.560. The Morgan fingerprint density at radius 1 is 1.73 bits per heavy atom. The van der Waals surface area contributed by atoms with Crippen LogP contribution in [0.15, 0.2) is 35.6 Å². The van der Waals surface area contributed by atoms with E-state index in [2.05, 4.69) is 27.5 Å². The Balaban J connectivity index is 3.13. The fourth-order valence-corrected chi connectivity index (χ4v) is 1.13. The van der Waals surface area contributed by atoms with Crippen molar-refractivity contribution < 1.29 is 4.79 Å². The van der Waals surface area contributed by atoms with E-state index in [1.165, 1.54) is 6.08 Å². The molecule has 1 rings (SSSR count). The van der Waals surface area contributed by atoms with Crippen LogP contribution in [0.5, 0.6) is 0 Å². The van der Waals surface area contributed by atoms with Crippen molar-refractivity contribution in [1.29, 1.82) is 0 Å². The smallest absolute Gasteiger partial charge is 0.187 e. The number of rotatable bonds is 2. The number of carbonyl (C=O) groups is 1. The second kappa shape index (κ2) is 3.44. The quantitative estimate of drug-likeness (QED) is 0.427. The van der Waals surface area contributed by atoms with Gasteiger partial charge in [0, 0.05) is 6.20 Å². The second-order valence-corrected chi connectivity index (χ2v) is 2.66. The van der Waals surface area contributed by atoms with Gasteiger partial charge in [-0.3, -0.25) is 4.79 Å².